The summed E-state index contributed by atoms with van der Waals surface area (Å²) in [6.45, 7) is 1.98. The zero-order chi connectivity index (χ0) is 23.9. The van der Waals surface area contributed by atoms with Gasteiger partial charge in [0.15, 0.2) is 5.78 Å². The highest BCUT2D eigenvalue weighted by molar-refractivity contribution is 6.17. The van der Waals surface area contributed by atoms with Crippen LogP contribution in [0, 0.1) is 6.92 Å². The molecule has 0 bridgehead atoms. The SMILES string of the molecule is Cc1ccc(C(=O)c2cc(Cc3ccccc3)cc3oc4c(ccc5ccccc54)c(=O)c23)cc1. The monoisotopic (exact) mass is 454 g/mol. The van der Waals surface area contributed by atoms with E-state index in [9.17, 15) is 9.59 Å². The first-order chi connectivity index (χ1) is 17.1. The molecule has 0 aliphatic carbocycles. The van der Waals surface area contributed by atoms with Crippen LogP contribution in [0.5, 0.6) is 0 Å². The first-order valence-electron chi connectivity index (χ1n) is 11.6. The van der Waals surface area contributed by atoms with Gasteiger partial charge in [-0.3, -0.25) is 9.59 Å². The highest BCUT2D eigenvalue weighted by Gasteiger charge is 2.20. The van der Waals surface area contributed by atoms with Crippen molar-refractivity contribution in [2.45, 2.75) is 13.3 Å². The molecule has 3 nitrogen and oxygen atoms in total. The standard InChI is InChI=1S/C32H22O3/c1-20-11-13-24(14-12-20)30(33)27-18-22(17-21-7-3-2-4-8-21)19-28-29(27)31(34)26-16-15-23-9-5-6-10-25(23)32(26)35-28/h2-16,18-19H,17H2,1H3. The summed E-state index contributed by atoms with van der Waals surface area (Å²) in [7, 11) is 0. The molecule has 35 heavy (non-hydrogen) atoms. The Bertz CT molecular complexity index is 1790. The lowest BCUT2D eigenvalue weighted by Crippen LogP contribution is -2.11. The van der Waals surface area contributed by atoms with Gasteiger partial charge in [0.25, 0.3) is 0 Å². The minimum atomic E-state index is -0.186. The second kappa shape index (κ2) is 8.37. The lowest BCUT2D eigenvalue weighted by atomic mass is 9.93. The molecule has 0 aliphatic heterocycles. The lowest BCUT2D eigenvalue weighted by Gasteiger charge is -2.12. The van der Waals surface area contributed by atoms with Crippen molar-refractivity contribution in [3.63, 3.8) is 0 Å². The van der Waals surface area contributed by atoms with Crippen molar-refractivity contribution in [1.29, 1.82) is 0 Å². The Balaban J connectivity index is 1.66. The lowest BCUT2D eigenvalue weighted by molar-refractivity contribution is 0.104. The maximum Gasteiger partial charge on any atom is 0.201 e. The van der Waals surface area contributed by atoms with Gasteiger partial charge in [0.2, 0.25) is 5.43 Å². The summed E-state index contributed by atoms with van der Waals surface area (Å²) in [5, 5.41) is 2.68. The van der Waals surface area contributed by atoms with Gasteiger partial charge in [-0.2, -0.15) is 0 Å². The molecule has 168 valence electrons. The molecule has 1 aromatic heterocycles. The van der Waals surface area contributed by atoms with Crippen LogP contribution in [0.3, 0.4) is 0 Å². The molecule has 0 saturated carbocycles. The first kappa shape index (κ1) is 21.1. The van der Waals surface area contributed by atoms with E-state index >= 15 is 0 Å². The van der Waals surface area contributed by atoms with Gasteiger partial charge in [0.1, 0.15) is 11.2 Å². The van der Waals surface area contributed by atoms with Crippen LogP contribution in [0.1, 0.15) is 32.6 Å². The summed E-state index contributed by atoms with van der Waals surface area (Å²) in [6.07, 6.45) is 0.627. The third-order valence-electron chi connectivity index (χ3n) is 6.53. The molecule has 0 spiro atoms. The predicted molar refractivity (Wildman–Crippen MR) is 141 cm³/mol. The number of rotatable bonds is 4. The average molecular weight is 455 g/mol. The van der Waals surface area contributed by atoms with Crippen LogP contribution in [-0.4, -0.2) is 5.78 Å². The van der Waals surface area contributed by atoms with Crippen molar-refractivity contribution < 1.29 is 9.21 Å². The highest BCUT2D eigenvalue weighted by atomic mass is 16.3. The van der Waals surface area contributed by atoms with E-state index in [4.69, 9.17) is 4.42 Å². The van der Waals surface area contributed by atoms with E-state index in [2.05, 4.69) is 12.1 Å². The topological polar surface area (TPSA) is 47.3 Å². The molecule has 0 unspecified atom stereocenters. The maximum absolute atomic E-state index is 13.8. The van der Waals surface area contributed by atoms with E-state index in [0.717, 1.165) is 27.5 Å². The number of ketones is 1. The Morgan fingerprint density at radius 2 is 1.49 bits per heavy atom. The van der Waals surface area contributed by atoms with Gasteiger partial charge in [-0.05, 0) is 48.1 Å². The van der Waals surface area contributed by atoms with Gasteiger partial charge >= 0.3 is 0 Å². The fourth-order valence-electron chi connectivity index (χ4n) is 4.74. The van der Waals surface area contributed by atoms with E-state index in [0.29, 0.717) is 39.5 Å². The normalized spacial score (nSPS) is 11.3. The maximum atomic E-state index is 13.8. The summed E-state index contributed by atoms with van der Waals surface area (Å²) in [5.41, 5.74) is 4.83. The van der Waals surface area contributed by atoms with Gasteiger partial charge in [-0.1, -0.05) is 90.5 Å². The molecule has 6 aromatic rings. The van der Waals surface area contributed by atoms with Crippen LogP contribution in [0.25, 0.3) is 32.7 Å². The second-order valence-electron chi connectivity index (χ2n) is 8.97. The fourth-order valence-corrected chi connectivity index (χ4v) is 4.74. The second-order valence-corrected chi connectivity index (χ2v) is 8.97. The highest BCUT2D eigenvalue weighted by Crippen LogP contribution is 2.30. The summed E-state index contributed by atoms with van der Waals surface area (Å²) in [5.74, 6) is -0.183. The van der Waals surface area contributed by atoms with Crippen molar-refractivity contribution in [2.75, 3.05) is 0 Å². The zero-order valence-corrected chi connectivity index (χ0v) is 19.2. The Morgan fingerprint density at radius 1 is 0.743 bits per heavy atom. The van der Waals surface area contributed by atoms with Crippen molar-refractivity contribution in [3.8, 4) is 0 Å². The van der Waals surface area contributed by atoms with Crippen molar-refractivity contribution in [2.24, 2.45) is 0 Å². The number of carbonyl (C=O) groups is 1. The summed E-state index contributed by atoms with van der Waals surface area (Å²) in [6, 6.07) is 32.8. The van der Waals surface area contributed by atoms with E-state index in [1.165, 1.54) is 0 Å². The van der Waals surface area contributed by atoms with Gasteiger partial charge < -0.3 is 4.42 Å². The molecule has 6 rings (SSSR count). The van der Waals surface area contributed by atoms with Crippen molar-refractivity contribution >= 4 is 38.5 Å². The van der Waals surface area contributed by atoms with Crippen molar-refractivity contribution in [3.05, 3.63) is 141 Å². The van der Waals surface area contributed by atoms with Gasteiger partial charge in [0, 0.05) is 16.5 Å². The van der Waals surface area contributed by atoms with Gasteiger partial charge in [-0.15, -0.1) is 0 Å². The Hall–Kier alpha value is -4.50. The third-order valence-corrected chi connectivity index (χ3v) is 6.53. The number of aryl methyl sites for hydroxylation is 1. The van der Waals surface area contributed by atoms with E-state index < -0.39 is 0 Å². The molecular weight excluding hydrogens is 432 g/mol. The molecular formula is C32H22O3. The summed E-state index contributed by atoms with van der Waals surface area (Å²) in [4.78, 5) is 27.5. The van der Waals surface area contributed by atoms with E-state index in [1.807, 2.05) is 91.9 Å². The Morgan fingerprint density at radius 3 is 2.29 bits per heavy atom. The minimum Gasteiger partial charge on any atom is -0.455 e. The molecule has 0 aliphatic rings. The quantitative estimate of drug-likeness (QED) is 0.160. The number of benzene rings is 5. The molecule has 3 heteroatoms. The van der Waals surface area contributed by atoms with Crippen LogP contribution in [-0.2, 0) is 6.42 Å². The smallest absolute Gasteiger partial charge is 0.201 e. The van der Waals surface area contributed by atoms with Gasteiger partial charge in [-0.25, -0.2) is 0 Å². The van der Waals surface area contributed by atoms with Gasteiger partial charge in [0.05, 0.1) is 10.8 Å². The van der Waals surface area contributed by atoms with Crippen molar-refractivity contribution in [1.82, 2.24) is 0 Å². The molecule has 0 radical (unpaired) electrons. The van der Waals surface area contributed by atoms with Crippen LogP contribution >= 0.6 is 0 Å². The summed E-state index contributed by atoms with van der Waals surface area (Å²) >= 11 is 0. The van der Waals surface area contributed by atoms with Crippen LogP contribution in [0.2, 0.25) is 0 Å². The molecule has 5 aromatic carbocycles. The number of fused-ring (bicyclic) bond motifs is 4. The Kier molecular flexibility index (Phi) is 5.04. The summed E-state index contributed by atoms with van der Waals surface area (Å²) < 4.78 is 6.41. The van der Waals surface area contributed by atoms with Crippen LogP contribution in [0.4, 0.5) is 0 Å². The number of hydrogen-bond donors (Lipinski definition) is 0. The number of carbonyl (C=O) groups excluding carboxylic acids is 1. The molecule has 0 saturated heterocycles. The Labute approximate surface area is 202 Å². The minimum absolute atomic E-state index is 0.183. The average Bonchev–Trinajstić information content (AvgIpc) is 2.89. The largest absolute Gasteiger partial charge is 0.455 e. The molecule has 0 atom stereocenters. The molecule has 0 fully saturated rings. The molecule has 0 N–H and O–H groups in total. The third kappa shape index (κ3) is 3.71. The first-order valence-corrected chi connectivity index (χ1v) is 11.6. The van der Waals surface area contributed by atoms with E-state index in [-0.39, 0.29) is 11.2 Å². The van der Waals surface area contributed by atoms with E-state index in [1.54, 1.807) is 6.07 Å². The molecule has 0 amide bonds. The van der Waals surface area contributed by atoms with Crippen LogP contribution < -0.4 is 5.43 Å². The zero-order valence-electron chi connectivity index (χ0n) is 19.2. The number of hydrogen-bond acceptors (Lipinski definition) is 3. The van der Waals surface area contributed by atoms with Crippen LogP contribution in [0.15, 0.2) is 112 Å². The fraction of sp³-hybridized carbons (Fsp3) is 0.0625. The molecule has 1 heterocycles. The predicted octanol–water partition coefficient (Wildman–Crippen LogP) is 7.23.